The van der Waals surface area contributed by atoms with E-state index in [4.69, 9.17) is 11.6 Å². The number of halogens is 1. The highest BCUT2D eigenvalue weighted by molar-refractivity contribution is 6.66. The molecule has 1 saturated heterocycles. The van der Waals surface area contributed by atoms with Gasteiger partial charge in [-0.3, -0.25) is 9.59 Å². The van der Waals surface area contributed by atoms with Gasteiger partial charge in [0.05, 0.1) is 12.9 Å². The first-order valence-electron chi connectivity index (χ1n) is 11.4. The summed E-state index contributed by atoms with van der Waals surface area (Å²) in [4.78, 5) is 40.9. The second-order valence-corrected chi connectivity index (χ2v) is 9.33. The zero-order chi connectivity index (χ0) is 23.3. The monoisotopic (exact) mass is 464 g/mol. The van der Waals surface area contributed by atoms with Crippen LogP contribution >= 0.6 is 11.6 Å². The van der Waals surface area contributed by atoms with Crippen LogP contribution in [0.25, 0.3) is 0 Å². The number of nitrogens with one attached hydrogen (secondary N) is 1. The lowest BCUT2D eigenvalue weighted by atomic mass is 9.65. The van der Waals surface area contributed by atoms with E-state index in [1.807, 2.05) is 54.6 Å². The van der Waals surface area contributed by atoms with Gasteiger partial charge >= 0.3 is 0 Å². The van der Waals surface area contributed by atoms with Crippen LogP contribution in [0.4, 0.5) is 5.69 Å². The molecule has 8 heteroatoms. The number of nitrogens with zero attached hydrogens (tertiary/aromatic N) is 2. The van der Waals surface area contributed by atoms with Crippen molar-refractivity contribution in [2.45, 2.75) is 44.1 Å². The molecule has 33 heavy (non-hydrogen) atoms. The maximum atomic E-state index is 13.7. The van der Waals surface area contributed by atoms with Crippen molar-refractivity contribution in [1.82, 2.24) is 10.2 Å². The molecule has 4 rings (SSSR count). The fourth-order valence-electron chi connectivity index (χ4n) is 5.02. The van der Waals surface area contributed by atoms with Gasteiger partial charge in [-0.15, -0.1) is 0 Å². The molecular weight excluding hydrogens is 437 g/mol. The highest BCUT2D eigenvalue weighted by Crippen LogP contribution is 2.44. The van der Waals surface area contributed by atoms with Crippen molar-refractivity contribution < 1.29 is 14.4 Å². The molecule has 2 aromatic carbocycles. The Morgan fingerprint density at radius 3 is 2.61 bits per heavy atom. The zero-order valence-corrected chi connectivity index (χ0v) is 19.3. The Labute approximate surface area is 200 Å². The van der Waals surface area contributed by atoms with E-state index < -0.39 is 5.54 Å². The van der Waals surface area contributed by atoms with Gasteiger partial charge in [0.15, 0.2) is 7.28 Å². The van der Waals surface area contributed by atoms with Crippen LogP contribution < -0.4 is 10.2 Å². The normalized spacial score (nSPS) is 22.5. The van der Waals surface area contributed by atoms with Gasteiger partial charge in [-0.1, -0.05) is 54.3 Å². The van der Waals surface area contributed by atoms with Crippen molar-refractivity contribution in [3.8, 4) is 0 Å². The Balaban J connectivity index is 1.48. The largest absolute Gasteiger partial charge is 0.350 e. The summed E-state index contributed by atoms with van der Waals surface area (Å²) in [6.45, 7) is 0.801. The summed E-state index contributed by atoms with van der Waals surface area (Å²) in [6.07, 6.45) is 4.70. The van der Waals surface area contributed by atoms with Crippen LogP contribution in [0.2, 0.25) is 11.3 Å². The molecule has 6 nitrogen and oxygen atoms in total. The lowest BCUT2D eigenvalue weighted by Crippen LogP contribution is -2.52. The first-order chi connectivity index (χ1) is 16.0. The number of hydrogen-bond donors (Lipinski definition) is 1. The first-order valence-corrected chi connectivity index (χ1v) is 11.8. The Hall–Kier alpha value is -2.80. The highest BCUT2D eigenvalue weighted by Gasteiger charge is 2.54. The van der Waals surface area contributed by atoms with Gasteiger partial charge in [0.25, 0.3) is 0 Å². The van der Waals surface area contributed by atoms with Crippen molar-refractivity contribution in [3.05, 3.63) is 65.2 Å². The Morgan fingerprint density at radius 2 is 1.91 bits per heavy atom. The Kier molecular flexibility index (Phi) is 7.38. The average molecular weight is 465 g/mol. The number of rotatable bonds is 8. The van der Waals surface area contributed by atoms with Crippen LogP contribution in [0, 0.1) is 5.92 Å². The number of amides is 2. The summed E-state index contributed by atoms with van der Waals surface area (Å²) in [5, 5.41) is 3.54. The van der Waals surface area contributed by atoms with Crippen molar-refractivity contribution in [3.63, 3.8) is 0 Å². The van der Waals surface area contributed by atoms with Gasteiger partial charge < -0.3 is 19.9 Å². The quantitative estimate of drug-likeness (QED) is 0.479. The minimum Gasteiger partial charge on any atom is -0.350 e. The Morgan fingerprint density at radius 1 is 1.15 bits per heavy atom. The van der Waals surface area contributed by atoms with E-state index in [0.717, 1.165) is 36.6 Å². The molecule has 0 unspecified atom stereocenters. The third-order valence-electron chi connectivity index (χ3n) is 6.80. The van der Waals surface area contributed by atoms with Crippen LogP contribution in [0.1, 0.15) is 31.2 Å². The third-order valence-corrected chi connectivity index (χ3v) is 7.03. The molecule has 1 N–H and O–H groups in total. The molecule has 2 aliphatic rings. The van der Waals surface area contributed by atoms with Gasteiger partial charge in [-0.05, 0) is 55.4 Å². The minimum absolute atomic E-state index is 0.00449. The predicted octanol–water partition coefficient (Wildman–Crippen LogP) is 3.50. The van der Waals surface area contributed by atoms with E-state index in [1.165, 1.54) is 0 Å². The molecule has 1 aliphatic heterocycles. The Bertz CT molecular complexity index is 995. The SMILES string of the molecule is O=C[B]CC1CCC2(CC1)C(=O)N(CC(=O)NCc1ccccc1)CN2c1cccc(Cl)c1. The summed E-state index contributed by atoms with van der Waals surface area (Å²) in [5.41, 5.74) is 1.23. The first kappa shape index (κ1) is 23.4. The van der Waals surface area contributed by atoms with Gasteiger partial charge in [0.1, 0.15) is 12.1 Å². The number of hydrogen-bond acceptors (Lipinski definition) is 4. The van der Waals surface area contributed by atoms with Gasteiger partial charge in [0, 0.05) is 17.3 Å². The summed E-state index contributed by atoms with van der Waals surface area (Å²) in [7, 11) is 1.66. The van der Waals surface area contributed by atoms with Gasteiger partial charge in [0.2, 0.25) is 11.8 Å². The molecule has 0 atom stereocenters. The molecule has 2 aromatic rings. The molecule has 0 aromatic heterocycles. The number of benzene rings is 2. The van der Waals surface area contributed by atoms with Crippen molar-refractivity contribution in [2.75, 3.05) is 18.1 Å². The molecule has 1 saturated carbocycles. The molecule has 2 amide bonds. The topological polar surface area (TPSA) is 69.7 Å². The van der Waals surface area contributed by atoms with Crippen LogP contribution in [0.3, 0.4) is 0 Å². The predicted molar refractivity (Wildman–Crippen MR) is 131 cm³/mol. The molecule has 1 aliphatic carbocycles. The standard InChI is InChI=1S/C25H28BClN3O3/c27-21-7-4-8-22(13-21)30-18-29(16-23(32)28-15-20-5-2-1-3-6-20)24(33)25(30)11-9-19(10-12-25)14-26-17-31/h1-8,13,17,19H,9-12,14-16,18H2,(H,28,32). The molecule has 1 heterocycles. The summed E-state index contributed by atoms with van der Waals surface area (Å²) in [5.74, 6) is 0.220. The van der Waals surface area contributed by atoms with E-state index in [9.17, 15) is 14.4 Å². The second-order valence-electron chi connectivity index (χ2n) is 8.90. The lowest BCUT2D eigenvalue weighted by molar-refractivity contribution is -0.137. The molecule has 2 fully saturated rings. The van der Waals surface area contributed by atoms with Gasteiger partial charge in [-0.25, -0.2) is 0 Å². The van der Waals surface area contributed by atoms with E-state index in [2.05, 4.69) is 10.2 Å². The van der Waals surface area contributed by atoms with E-state index in [0.29, 0.717) is 37.0 Å². The maximum Gasteiger partial charge on any atom is 0.250 e. The highest BCUT2D eigenvalue weighted by atomic mass is 35.5. The van der Waals surface area contributed by atoms with Crippen molar-refractivity contribution in [2.24, 2.45) is 5.92 Å². The second kappa shape index (κ2) is 10.4. The van der Waals surface area contributed by atoms with Crippen LogP contribution in [-0.4, -0.2) is 48.9 Å². The zero-order valence-electron chi connectivity index (χ0n) is 18.6. The fourth-order valence-corrected chi connectivity index (χ4v) is 5.21. The number of carbonyl (C=O) groups excluding carboxylic acids is 3. The third kappa shape index (κ3) is 5.24. The molecule has 0 bridgehead atoms. The van der Waals surface area contributed by atoms with Crippen molar-refractivity contribution >= 4 is 42.6 Å². The summed E-state index contributed by atoms with van der Waals surface area (Å²) in [6, 6.07) is 17.3. The lowest BCUT2D eigenvalue weighted by Gasteiger charge is -2.42. The van der Waals surface area contributed by atoms with E-state index in [1.54, 1.807) is 12.2 Å². The fraction of sp³-hybridized carbons (Fsp3) is 0.400. The van der Waals surface area contributed by atoms with Crippen LogP contribution in [0.15, 0.2) is 54.6 Å². The smallest absolute Gasteiger partial charge is 0.250 e. The summed E-state index contributed by atoms with van der Waals surface area (Å²) < 4.78 is 0. The number of carbonyl (C=O) groups is 3. The van der Waals surface area contributed by atoms with Crippen LogP contribution in [-0.2, 0) is 20.9 Å². The summed E-state index contributed by atoms with van der Waals surface area (Å²) >= 11 is 6.26. The maximum absolute atomic E-state index is 13.7. The number of anilines is 1. The molecule has 1 radical (unpaired) electrons. The van der Waals surface area contributed by atoms with E-state index in [-0.39, 0.29) is 18.4 Å². The van der Waals surface area contributed by atoms with E-state index >= 15 is 0 Å². The van der Waals surface area contributed by atoms with Crippen molar-refractivity contribution in [1.29, 1.82) is 0 Å². The van der Waals surface area contributed by atoms with Gasteiger partial charge in [-0.2, -0.15) is 0 Å². The molecule has 1 spiro atoms. The van der Waals surface area contributed by atoms with Crippen LogP contribution in [0.5, 0.6) is 0 Å². The minimum atomic E-state index is -0.679. The average Bonchev–Trinajstić information content (AvgIpc) is 3.09. The molecule has 171 valence electrons. The molecular formula is C25H28BClN3O3.